The van der Waals surface area contributed by atoms with Gasteiger partial charge in [0.15, 0.2) is 0 Å². The van der Waals surface area contributed by atoms with Crippen molar-refractivity contribution in [2.75, 3.05) is 5.88 Å². The van der Waals surface area contributed by atoms with Crippen LogP contribution >= 0.6 is 11.6 Å². The van der Waals surface area contributed by atoms with Crippen molar-refractivity contribution in [2.45, 2.75) is 25.8 Å². The van der Waals surface area contributed by atoms with E-state index >= 15 is 0 Å². The minimum Gasteiger partial charge on any atom is -0.339 e. The Bertz CT molecular complexity index is 704. The summed E-state index contributed by atoms with van der Waals surface area (Å²) in [6, 6.07) is 16.9. The van der Waals surface area contributed by atoms with Crippen molar-refractivity contribution in [3.8, 4) is 0 Å². The van der Waals surface area contributed by atoms with E-state index in [2.05, 4.69) is 52.0 Å². The lowest BCUT2D eigenvalue weighted by Gasteiger charge is -2.10. The molecule has 108 valence electrons. The molecule has 0 N–H and O–H groups in total. The molecule has 0 aliphatic carbocycles. The van der Waals surface area contributed by atoms with Crippen molar-refractivity contribution in [1.82, 2.24) is 9.55 Å². The Morgan fingerprint density at radius 1 is 1.00 bits per heavy atom. The lowest BCUT2D eigenvalue weighted by molar-refractivity contribution is 0.713. The summed E-state index contributed by atoms with van der Waals surface area (Å²) in [5.41, 5.74) is 4.95. The highest BCUT2D eigenvalue weighted by molar-refractivity contribution is 6.17. The minimum atomic E-state index is 0.733. The summed E-state index contributed by atoms with van der Waals surface area (Å²) in [5, 5.41) is 0. The number of hydrogen-bond acceptors (Lipinski definition) is 1. The first-order valence-corrected chi connectivity index (χ1v) is 7.95. The number of halogens is 1. The number of benzene rings is 1. The van der Waals surface area contributed by atoms with Gasteiger partial charge in [0.2, 0.25) is 0 Å². The average molecular weight is 299 g/mol. The maximum absolute atomic E-state index is 5.80. The number of unbranched alkanes of at least 4 members (excludes halogenated alkanes) is 1. The summed E-state index contributed by atoms with van der Waals surface area (Å²) in [5.74, 6) is 0.733. The molecule has 0 saturated heterocycles. The predicted molar refractivity (Wildman–Crippen MR) is 88.9 cm³/mol. The normalized spacial score (nSPS) is 11.1. The molecular weight excluding hydrogens is 280 g/mol. The highest BCUT2D eigenvalue weighted by atomic mass is 35.5. The third-order valence-electron chi connectivity index (χ3n) is 3.76. The van der Waals surface area contributed by atoms with Crippen LogP contribution in [0.25, 0.3) is 11.0 Å². The molecule has 0 spiro atoms. The summed E-state index contributed by atoms with van der Waals surface area (Å²) >= 11 is 5.80. The van der Waals surface area contributed by atoms with Gasteiger partial charge >= 0.3 is 0 Å². The van der Waals surface area contributed by atoms with E-state index in [4.69, 9.17) is 11.6 Å². The number of fused-ring (bicyclic) bond motifs is 1. The summed E-state index contributed by atoms with van der Waals surface area (Å²) in [6.45, 7) is 0.895. The molecule has 3 rings (SSSR count). The molecule has 1 aromatic carbocycles. The molecule has 0 aliphatic rings. The quantitative estimate of drug-likeness (QED) is 0.478. The SMILES string of the molecule is ClCCCCc1cc2ncccc2n1Cc1ccccc1. The van der Waals surface area contributed by atoms with Crippen molar-refractivity contribution < 1.29 is 0 Å². The number of nitrogens with zero attached hydrogens (tertiary/aromatic N) is 2. The Kier molecular flexibility index (Phi) is 4.56. The number of rotatable bonds is 6. The zero-order valence-corrected chi connectivity index (χ0v) is 12.8. The van der Waals surface area contributed by atoms with Crippen LogP contribution in [-0.4, -0.2) is 15.4 Å². The Balaban J connectivity index is 1.95. The molecule has 3 heteroatoms. The van der Waals surface area contributed by atoms with Crippen LogP contribution in [0.2, 0.25) is 0 Å². The van der Waals surface area contributed by atoms with Gasteiger partial charge in [-0.2, -0.15) is 0 Å². The molecule has 0 bridgehead atoms. The second-order valence-electron chi connectivity index (χ2n) is 5.26. The second kappa shape index (κ2) is 6.77. The summed E-state index contributed by atoms with van der Waals surface area (Å²) < 4.78 is 2.38. The van der Waals surface area contributed by atoms with E-state index in [1.165, 1.54) is 16.8 Å². The zero-order chi connectivity index (χ0) is 14.5. The molecule has 0 atom stereocenters. The maximum Gasteiger partial charge on any atom is 0.0883 e. The lowest BCUT2D eigenvalue weighted by Crippen LogP contribution is -2.04. The van der Waals surface area contributed by atoms with Gasteiger partial charge in [0.25, 0.3) is 0 Å². The van der Waals surface area contributed by atoms with Gasteiger partial charge in [-0.3, -0.25) is 4.98 Å². The van der Waals surface area contributed by atoms with Crippen molar-refractivity contribution in [2.24, 2.45) is 0 Å². The van der Waals surface area contributed by atoms with Crippen LogP contribution in [-0.2, 0) is 13.0 Å². The van der Waals surface area contributed by atoms with Gasteiger partial charge in [0.1, 0.15) is 0 Å². The fraction of sp³-hybridized carbons (Fsp3) is 0.278. The predicted octanol–water partition coefficient (Wildman–Crippen LogP) is 4.65. The van der Waals surface area contributed by atoms with E-state index in [1.54, 1.807) is 0 Å². The molecule has 0 fully saturated rings. The van der Waals surface area contributed by atoms with Gasteiger partial charge in [-0.15, -0.1) is 11.6 Å². The first-order chi connectivity index (χ1) is 10.4. The topological polar surface area (TPSA) is 17.8 Å². The first-order valence-electron chi connectivity index (χ1n) is 7.41. The van der Waals surface area contributed by atoms with Gasteiger partial charge in [0, 0.05) is 24.3 Å². The summed E-state index contributed by atoms with van der Waals surface area (Å²) in [7, 11) is 0. The average Bonchev–Trinajstić information content (AvgIpc) is 2.87. The van der Waals surface area contributed by atoms with Crippen LogP contribution in [0.1, 0.15) is 24.1 Å². The number of pyridine rings is 1. The standard InChI is InChI=1S/C18H19ClN2/c19-11-5-4-9-16-13-17-18(10-6-12-20-17)21(16)14-15-7-2-1-3-8-15/h1-3,6-8,10,12-13H,4-5,9,11,14H2. The summed E-state index contributed by atoms with van der Waals surface area (Å²) in [4.78, 5) is 4.49. The Labute approximate surface area is 130 Å². The minimum absolute atomic E-state index is 0.733. The maximum atomic E-state index is 5.80. The number of alkyl halides is 1. The second-order valence-corrected chi connectivity index (χ2v) is 5.64. The first kappa shape index (κ1) is 14.2. The van der Waals surface area contributed by atoms with Gasteiger partial charge in [0.05, 0.1) is 11.0 Å². The Morgan fingerprint density at radius 3 is 2.67 bits per heavy atom. The van der Waals surface area contributed by atoms with Crippen molar-refractivity contribution >= 4 is 22.6 Å². The molecular formula is C18H19ClN2. The van der Waals surface area contributed by atoms with E-state index in [1.807, 2.05) is 12.3 Å². The van der Waals surface area contributed by atoms with Crippen LogP contribution in [0.5, 0.6) is 0 Å². The highest BCUT2D eigenvalue weighted by Gasteiger charge is 2.09. The third-order valence-corrected chi connectivity index (χ3v) is 4.02. The van der Waals surface area contributed by atoms with E-state index < -0.39 is 0 Å². The van der Waals surface area contributed by atoms with E-state index in [0.29, 0.717) is 0 Å². The summed E-state index contributed by atoms with van der Waals surface area (Å²) in [6.07, 6.45) is 5.09. The number of aromatic nitrogens is 2. The molecule has 0 aliphatic heterocycles. The zero-order valence-electron chi connectivity index (χ0n) is 12.0. The largest absolute Gasteiger partial charge is 0.339 e. The van der Waals surface area contributed by atoms with Gasteiger partial charge < -0.3 is 4.57 Å². The molecule has 3 aromatic rings. The van der Waals surface area contributed by atoms with Crippen molar-refractivity contribution in [3.63, 3.8) is 0 Å². The molecule has 0 saturated carbocycles. The highest BCUT2D eigenvalue weighted by Crippen LogP contribution is 2.21. The molecule has 2 aromatic heterocycles. The van der Waals surface area contributed by atoms with Gasteiger partial charge in [-0.25, -0.2) is 0 Å². The monoisotopic (exact) mass is 298 g/mol. The van der Waals surface area contributed by atoms with Gasteiger partial charge in [-0.05, 0) is 43.0 Å². The molecule has 2 heterocycles. The van der Waals surface area contributed by atoms with E-state index in [9.17, 15) is 0 Å². The van der Waals surface area contributed by atoms with Crippen LogP contribution in [0, 0.1) is 0 Å². The third kappa shape index (κ3) is 3.27. The fourth-order valence-corrected chi connectivity index (χ4v) is 2.89. The fourth-order valence-electron chi connectivity index (χ4n) is 2.70. The van der Waals surface area contributed by atoms with Crippen LogP contribution in [0.3, 0.4) is 0 Å². The lowest BCUT2D eigenvalue weighted by atomic mass is 10.2. The van der Waals surface area contributed by atoms with Crippen molar-refractivity contribution in [1.29, 1.82) is 0 Å². The number of aryl methyl sites for hydroxylation is 1. The number of hydrogen-bond donors (Lipinski definition) is 0. The van der Waals surface area contributed by atoms with Gasteiger partial charge in [-0.1, -0.05) is 30.3 Å². The molecule has 0 amide bonds. The van der Waals surface area contributed by atoms with E-state index in [0.717, 1.165) is 37.2 Å². The molecule has 21 heavy (non-hydrogen) atoms. The van der Waals surface area contributed by atoms with Crippen molar-refractivity contribution in [3.05, 3.63) is 66.0 Å². The molecule has 0 unspecified atom stereocenters. The van der Waals surface area contributed by atoms with Crippen LogP contribution in [0.15, 0.2) is 54.7 Å². The van der Waals surface area contributed by atoms with E-state index in [-0.39, 0.29) is 0 Å². The Hall–Kier alpha value is -1.80. The molecule has 2 nitrogen and oxygen atoms in total. The van der Waals surface area contributed by atoms with Crippen LogP contribution in [0.4, 0.5) is 0 Å². The molecule has 0 radical (unpaired) electrons. The van der Waals surface area contributed by atoms with Crippen LogP contribution < -0.4 is 0 Å². The Morgan fingerprint density at radius 2 is 1.86 bits per heavy atom. The smallest absolute Gasteiger partial charge is 0.0883 e.